The predicted molar refractivity (Wildman–Crippen MR) is 131 cm³/mol. The van der Waals surface area contributed by atoms with E-state index >= 15 is 0 Å². The summed E-state index contributed by atoms with van der Waals surface area (Å²) in [5.74, 6) is -0.632. The lowest BCUT2D eigenvalue weighted by atomic mass is 9.98. The fourth-order valence-electron chi connectivity index (χ4n) is 4.52. The van der Waals surface area contributed by atoms with Gasteiger partial charge < -0.3 is 9.80 Å². The highest BCUT2D eigenvalue weighted by Crippen LogP contribution is 2.31. The summed E-state index contributed by atoms with van der Waals surface area (Å²) >= 11 is 7.34. The molecule has 2 fully saturated rings. The van der Waals surface area contributed by atoms with Crippen LogP contribution in [0.4, 0.5) is 9.52 Å². The Morgan fingerprint density at radius 1 is 1.06 bits per heavy atom. The first-order valence-electron chi connectivity index (χ1n) is 11.2. The highest BCUT2D eigenvalue weighted by Gasteiger charge is 2.36. The zero-order chi connectivity index (χ0) is 23.9. The Hall–Kier alpha value is -2.27. The number of sulfonamides is 1. The summed E-state index contributed by atoms with van der Waals surface area (Å²) in [5, 5.41) is 1.30. The van der Waals surface area contributed by atoms with E-state index in [0.717, 1.165) is 15.3 Å². The third-order valence-corrected chi connectivity index (χ3v) is 9.60. The van der Waals surface area contributed by atoms with Crippen LogP contribution in [0, 0.1) is 11.7 Å². The summed E-state index contributed by atoms with van der Waals surface area (Å²) in [5.41, 5.74) is 0.768. The van der Waals surface area contributed by atoms with Crippen molar-refractivity contribution < 1.29 is 17.6 Å². The molecule has 2 aromatic carbocycles. The first-order valence-corrected chi connectivity index (χ1v) is 13.8. The fraction of sp³-hybridized carbons (Fsp3) is 0.391. The molecule has 180 valence electrons. The van der Waals surface area contributed by atoms with Crippen LogP contribution in [0.25, 0.3) is 10.2 Å². The number of nitrogens with zero attached hydrogens (tertiary/aromatic N) is 4. The second-order valence-electron chi connectivity index (χ2n) is 8.58. The van der Waals surface area contributed by atoms with Gasteiger partial charge in [0.1, 0.15) is 5.82 Å². The normalized spacial score (nSPS) is 20.1. The predicted octanol–water partition coefficient (Wildman–Crippen LogP) is 3.84. The van der Waals surface area contributed by atoms with E-state index in [-0.39, 0.29) is 29.1 Å². The summed E-state index contributed by atoms with van der Waals surface area (Å²) < 4.78 is 41.8. The number of hydrogen-bond acceptors (Lipinski definition) is 6. The van der Waals surface area contributed by atoms with Crippen LogP contribution in [0.3, 0.4) is 0 Å². The van der Waals surface area contributed by atoms with Crippen molar-refractivity contribution in [3.05, 3.63) is 53.3 Å². The molecule has 34 heavy (non-hydrogen) atoms. The van der Waals surface area contributed by atoms with Gasteiger partial charge in [0.05, 0.1) is 21.0 Å². The van der Waals surface area contributed by atoms with Gasteiger partial charge in [-0.3, -0.25) is 4.79 Å². The quantitative estimate of drug-likeness (QED) is 0.520. The lowest BCUT2D eigenvalue weighted by Gasteiger charge is -2.38. The summed E-state index contributed by atoms with van der Waals surface area (Å²) in [6.45, 7) is 2.95. The second-order valence-corrected chi connectivity index (χ2v) is 12.0. The molecule has 7 nitrogen and oxygen atoms in total. The number of hydrogen-bond donors (Lipinski definition) is 0. The van der Waals surface area contributed by atoms with Crippen LogP contribution in [-0.4, -0.2) is 67.8 Å². The number of rotatable bonds is 4. The van der Waals surface area contributed by atoms with Gasteiger partial charge in [-0.25, -0.2) is 17.8 Å². The van der Waals surface area contributed by atoms with Crippen LogP contribution in [0.15, 0.2) is 47.4 Å². The molecule has 0 saturated carbocycles. The van der Waals surface area contributed by atoms with Crippen LogP contribution in [-0.2, 0) is 14.8 Å². The Balaban J connectivity index is 1.22. The fourth-order valence-corrected chi connectivity index (χ4v) is 7.21. The van der Waals surface area contributed by atoms with Gasteiger partial charge in [-0.2, -0.15) is 4.31 Å². The van der Waals surface area contributed by atoms with E-state index in [1.807, 2.05) is 4.90 Å². The number of amides is 1. The van der Waals surface area contributed by atoms with Crippen LogP contribution < -0.4 is 4.90 Å². The minimum atomic E-state index is -3.67. The van der Waals surface area contributed by atoms with Crippen molar-refractivity contribution in [2.45, 2.75) is 17.7 Å². The number of aromatic nitrogens is 1. The summed E-state index contributed by atoms with van der Waals surface area (Å²) in [6, 6.07) is 10.7. The maximum atomic E-state index is 13.5. The molecule has 11 heteroatoms. The standard InChI is InChI=1S/C23H24ClFN4O3S2/c24-17-3-6-19(7-4-17)34(31,32)29-9-1-2-16(15-29)22(30)27-10-12-28(13-11-27)23-26-20-8-5-18(25)14-21(20)33-23/h3-8,14,16H,1-2,9-13,15H2. The van der Waals surface area contributed by atoms with Gasteiger partial charge in [-0.15, -0.1) is 0 Å². The smallest absolute Gasteiger partial charge is 0.243 e. The van der Waals surface area contributed by atoms with Gasteiger partial charge in [-0.05, 0) is 55.3 Å². The molecule has 0 bridgehead atoms. The maximum absolute atomic E-state index is 13.5. The number of carbonyl (C=O) groups excluding carboxylic acids is 1. The molecule has 2 aliphatic heterocycles. The SMILES string of the molecule is O=C(C1CCCN(S(=O)(=O)c2ccc(Cl)cc2)C1)N1CCN(c2nc3ccc(F)cc3s2)CC1. The van der Waals surface area contributed by atoms with Crippen molar-refractivity contribution in [2.24, 2.45) is 5.92 Å². The zero-order valence-electron chi connectivity index (χ0n) is 18.4. The minimum absolute atomic E-state index is 0.00188. The first-order chi connectivity index (χ1) is 16.3. The van der Waals surface area contributed by atoms with Crippen molar-refractivity contribution in [2.75, 3.05) is 44.2 Å². The Bertz CT molecular complexity index is 1310. The first kappa shape index (κ1) is 23.5. The third kappa shape index (κ3) is 4.64. The van der Waals surface area contributed by atoms with Crippen LogP contribution in [0.2, 0.25) is 5.02 Å². The van der Waals surface area contributed by atoms with Crippen molar-refractivity contribution in [1.29, 1.82) is 0 Å². The van der Waals surface area contributed by atoms with Crippen LogP contribution in [0.1, 0.15) is 12.8 Å². The van der Waals surface area contributed by atoms with E-state index < -0.39 is 10.0 Å². The molecule has 0 spiro atoms. The van der Waals surface area contributed by atoms with Gasteiger partial charge in [-0.1, -0.05) is 22.9 Å². The van der Waals surface area contributed by atoms with E-state index in [4.69, 9.17) is 11.6 Å². The van der Waals surface area contributed by atoms with Gasteiger partial charge in [0.25, 0.3) is 0 Å². The molecule has 0 aliphatic carbocycles. The average Bonchev–Trinajstić information content (AvgIpc) is 3.27. The highest BCUT2D eigenvalue weighted by molar-refractivity contribution is 7.89. The summed E-state index contributed by atoms with van der Waals surface area (Å²) in [4.78, 5) is 22.0. The number of piperidine rings is 1. The lowest BCUT2D eigenvalue weighted by Crippen LogP contribution is -2.53. The molecule has 3 heterocycles. The molecule has 1 unspecified atom stereocenters. The maximum Gasteiger partial charge on any atom is 0.243 e. The monoisotopic (exact) mass is 522 g/mol. The Labute approximate surface area is 206 Å². The molecular formula is C23H24ClFN4O3S2. The summed E-state index contributed by atoms with van der Waals surface area (Å²) in [7, 11) is -3.67. The number of anilines is 1. The number of piperazine rings is 1. The van der Waals surface area contributed by atoms with E-state index in [0.29, 0.717) is 50.6 Å². The minimum Gasteiger partial charge on any atom is -0.345 e. The lowest BCUT2D eigenvalue weighted by molar-refractivity contribution is -0.137. The summed E-state index contributed by atoms with van der Waals surface area (Å²) in [6.07, 6.45) is 1.32. The van der Waals surface area contributed by atoms with Crippen molar-refractivity contribution in [3.8, 4) is 0 Å². The molecule has 1 aromatic heterocycles. The van der Waals surface area contributed by atoms with Crippen molar-refractivity contribution in [1.82, 2.24) is 14.2 Å². The Kier molecular flexibility index (Phi) is 6.49. The van der Waals surface area contributed by atoms with Gasteiger partial charge in [0, 0.05) is 44.3 Å². The molecule has 0 radical (unpaired) electrons. The average molecular weight is 523 g/mol. The van der Waals surface area contributed by atoms with Gasteiger partial charge in [0.15, 0.2) is 5.13 Å². The van der Waals surface area contributed by atoms with Crippen LogP contribution >= 0.6 is 22.9 Å². The molecule has 3 aromatic rings. The molecular weight excluding hydrogens is 499 g/mol. The molecule has 2 aliphatic rings. The Morgan fingerprint density at radius 3 is 2.53 bits per heavy atom. The molecule has 5 rings (SSSR count). The number of thiazole rings is 1. The molecule has 0 N–H and O–H groups in total. The van der Waals surface area contributed by atoms with Gasteiger partial charge in [0.2, 0.25) is 15.9 Å². The third-order valence-electron chi connectivity index (χ3n) is 6.39. The highest BCUT2D eigenvalue weighted by atomic mass is 35.5. The van der Waals surface area contributed by atoms with Crippen molar-refractivity contribution >= 4 is 54.2 Å². The largest absolute Gasteiger partial charge is 0.345 e. The van der Waals surface area contributed by atoms with Gasteiger partial charge >= 0.3 is 0 Å². The molecule has 1 amide bonds. The van der Waals surface area contributed by atoms with Crippen LogP contribution in [0.5, 0.6) is 0 Å². The number of benzene rings is 2. The van der Waals surface area contributed by atoms with Crippen molar-refractivity contribution in [3.63, 3.8) is 0 Å². The van der Waals surface area contributed by atoms with E-state index in [1.165, 1.54) is 39.9 Å². The van der Waals surface area contributed by atoms with E-state index in [2.05, 4.69) is 9.88 Å². The number of halogens is 2. The number of carbonyl (C=O) groups is 1. The number of fused-ring (bicyclic) bond motifs is 1. The topological polar surface area (TPSA) is 73.8 Å². The zero-order valence-corrected chi connectivity index (χ0v) is 20.8. The second kappa shape index (κ2) is 9.41. The van der Waals surface area contributed by atoms with E-state index in [9.17, 15) is 17.6 Å². The molecule has 2 saturated heterocycles. The molecule has 1 atom stereocenters. The van der Waals surface area contributed by atoms with E-state index in [1.54, 1.807) is 18.2 Å². The Morgan fingerprint density at radius 2 is 1.79 bits per heavy atom.